The number of carbonyl (C=O) groups excluding carboxylic acids is 1. The van der Waals surface area contributed by atoms with E-state index in [-0.39, 0.29) is 17.9 Å². The Bertz CT molecular complexity index is 710. The molecular weight excluding hydrogens is 273 g/mol. The molecule has 1 aromatic heterocycles. The minimum absolute atomic E-state index is 0.160. The molecule has 0 aliphatic heterocycles. The second-order valence-electron chi connectivity index (χ2n) is 4.23. The summed E-state index contributed by atoms with van der Waals surface area (Å²) >= 11 is 0. The van der Waals surface area contributed by atoms with Crippen LogP contribution in [-0.4, -0.2) is 17.6 Å². The van der Waals surface area contributed by atoms with Gasteiger partial charge in [-0.05, 0) is 30.3 Å². The molecular formula is C16H14FNO3. The Morgan fingerprint density at radius 3 is 2.81 bits per heavy atom. The van der Waals surface area contributed by atoms with Crippen molar-refractivity contribution in [1.82, 2.24) is 0 Å². The number of amides is 1. The van der Waals surface area contributed by atoms with Crippen molar-refractivity contribution >= 4 is 11.6 Å². The minimum Gasteiger partial charge on any atom is -0.456 e. The molecule has 0 aliphatic carbocycles. The van der Waals surface area contributed by atoms with Gasteiger partial charge in [0.25, 0.3) is 5.91 Å². The quantitative estimate of drug-likeness (QED) is 0.853. The lowest BCUT2D eigenvalue weighted by atomic mass is 10.2. The monoisotopic (exact) mass is 287 g/mol. The van der Waals surface area contributed by atoms with Crippen molar-refractivity contribution in [2.75, 3.05) is 11.9 Å². The fourth-order valence-corrected chi connectivity index (χ4v) is 1.71. The summed E-state index contributed by atoms with van der Waals surface area (Å²) in [6.45, 7) is 1.58. The van der Waals surface area contributed by atoms with Gasteiger partial charge in [-0.1, -0.05) is 18.8 Å². The first-order valence-corrected chi connectivity index (χ1v) is 6.43. The molecule has 0 radical (unpaired) electrons. The van der Waals surface area contributed by atoms with Crippen LogP contribution in [0.25, 0.3) is 0 Å². The summed E-state index contributed by atoms with van der Waals surface area (Å²) in [7, 11) is 0. The van der Waals surface area contributed by atoms with E-state index in [4.69, 9.17) is 9.52 Å². The van der Waals surface area contributed by atoms with Gasteiger partial charge in [-0.2, -0.15) is 0 Å². The molecule has 0 saturated carbocycles. The van der Waals surface area contributed by atoms with E-state index in [1.165, 1.54) is 18.2 Å². The first-order valence-electron chi connectivity index (χ1n) is 6.43. The standard InChI is InChI=1S/C16H14FNO3/c1-2-13-7-8-15(21-13)16(20)18-12-6-5-11(4-3-9-19)14(17)10-12/h5-8,10,19H,2,9H2,1H3,(H,18,20). The molecule has 1 aromatic carbocycles. The van der Waals surface area contributed by atoms with E-state index in [0.29, 0.717) is 17.9 Å². The third-order valence-electron chi connectivity index (χ3n) is 2.76. The maximum absolute atomic E-state index is 13.7. The lowest BCUT2D eigenvalue weighted by Crippen LogP contribution is -2.11. The Balaban J connectivity index is 2.12. The number of anilines is 1. The highest BCUT2D eigenvalue weighted by Crippen LogP contribution is 2.16. The molecule has 108 valence electrons. The third kappa shape index (κ3) is 3.71. The van der Waals surface area contributed by atoms with Crippen molar-refractivity contribution in [2.24, 2.45) is 0 Å². The maximum Gasteiger partial charge on any atom is 0.291 e. The molecule has 5 heteroatoms. The number of aliphatic hydroxyl groups is 1. The SMILES string of the molecule is CCc1ccc(C(=O)Nc2ccc(C#CCO)c(F)c2)o1. The minimum atomic E-state index is -0.567. The van der Waals surface area contributed by atoms with Crippen LogP contribution in [0.5, 0.6) is 0 Å². The van der Waals surface area contributed by atoms with Crippen molar-refractivity contribution in [3.05, 3.63) is 53.2 Å². The topological polar surface area (TPSA) is 62.5 Å². The smallest absolute Gasteiger partial charge is 0.291 e. The van der Waals surface area contributed by atoms with Gasteiger partial charge >= 0.3 is 0 Å². The van der Waals surface area contributed by atoms with E-state index >= 15 is 0 Å². The summed E-state index contributed by atoms with van der Waals surface area (Å²) in [5.41, 5.74) is 0.467. The van der Waals surface area contributed by atoms with Gasteiger partial charge in [-0.3, -0.25) is 4.79 Å². The zero-order valence-electron chi connectivity index (χ0n) is 11.4. The Labute approximate surface area is 121 Å². The molecule has 21 heavy (non-hydrogen) atoms. The molecule has 1 heterocycles. The number of carbonyl (C=O) groups is 1. The number of aliphatic hydroxyl groups excluding tert-OH is 1. The first-order chi connectivity index (χ1) is 10.1. The summed E-state index contributed by atoms with van der Waals surface area (Å²) < 4.78 is 19.0. The summed E-state index contributed by atoms with van der Waals surface area (Å²) in [5, 5.41) is 11.1. The summed E-state index contributed by atoms with van der Waals surface area (Å²) in [5.74, 6) is 4.72. The molecule has 2 aromatic rings. The number of rotatable bonds is 3. The van der Waals surface area contributed by atoms with Crippen molar-refractivity contribution in [3.63, 3.8) is 0 Å². The normalized spacial score (nSPS) is 9.86. The largest absolute Gasteiger partial charge is 0.456 e. The van der Waals surface area contributed by atoms with Gasteiger partial charge in [0, 0.05) is 12.1 Å². The lowest BCUT2D eigenvalue weighted by Gasteiger charge is -2.04. The number of hydrogen-bond donors (Lipinski definition) is 2. The van der Waals surface area contributed by atoms with Crippen LogP contribution in [0.15, 0.2) is 34.7 Å². The Kier molecular flexibility index (Phi) is 4.75. The van der Waals surface area contributed by atoms with Crippen molar-refractivity contribution in [2.45, 2.75) is 13.3 Å². The van der Waals surface area contributed by atoms with Gasteiger partial charge in [0.1, 0.15) is 18.2 Å². The predicted octanol–water partition coefficient (Wildman–Crippen LogP) is 2.58. The second-order valence-corrected chi connectivity index (χ2v) is 4.23. The fourth-order valence-electron chi connectivity index (χ4n) is 1.71. The van der Waals surface area contributed by atoms with Gasteiger partial charge in [-0.25, -0.2) is 4.39 Å². The molecule has 0 fully saturated rings. The molecule has 1 amide bonds. The number of benzene rings is 1. The highest BCUT2D eigenvalue weighted by Gasteiger charge is 2.11. The summed E-state index contributed by atoms with van der Waals surface area (Å²) in [6.07, 6.45) is 0.695. The van der Waals surface area contributed by atoms with Crippen LogP contribution in [0.4, 0.5) is 10.1 Å². The van der Waals surface area contributed by atoms with Gasteiger partial charge in [0.15, 0.2) is 5.76 Å². The van der Waals surface area contributed by atoms with Crippen LogP contribution in [0.3, 0.4) is 0 Å². The molecule has 4 nitrogen and oxygen atoms in total. The van der Waals surface area contributed by atoms with Crippen molar-refractivity contribution in [3.8, 4) is 11.8 Å². The van der Waals surface area contributed by atoms with Crippen LogP contribution in [0.2, 0.25) is 0 Å². The van der Waals surface area contributed by atoms with E-state index in [0.717, 1.165) is 0 Å². The number of aryl methyl sites for hydroxylation is 1. The van der Waals surface area contributed by atoms with Crippen LogP contribution in [0.1, 0.15) is 28.8 Å². The zero-order chi connectivity index (χ0) is 15.2. The zero-order valence-corrected chi connectivity index (χ0v) is 11.4. The lowest BCUT2D eigenvalue weighted by molar-refractivity contribution is 0.0995. The van der Waals surface area contributed by atoms with Crippen molar-refractivity contribution < 1.29 is 18.7 Å². The molecule has 0 spiro atoms. The second kappa shape index (κ2) is 6.73. The van der Waals surface area contributed by atoms with Gasteiger partial charge in [-0.15, -0.1) is 0 Å². The molecule has 0 saturated heterocycles. The summed E-state index contributed by atoms with van der Waals surface area (Å²) in [4.78, 5) is 11.9. The van der Waals surface area contributed by atoms with Crippen LogP contribution in [0, 0.1) is 17.7 Å². The van der Waals surface area contributed by atoms with E-state index in [2.05, 4.69) is 17.2 Å². The van der Waals surface area contributed by atoms with Gasteiger partial charge in [0.05, 0.1) is 5.56 Å². The molecule has 0 atom stereocenters. The molecule has 2 rings (SSSR count). The van der Waals surface area contributed by atoms with E-state index in [1.807, 2.05) is 6.92 Å². The maximum atomic E-state index is 13.7. The molecule has 0 unspecified atom stereocenters. The number of furan rings is 1. The molecule has 2 N–H and O–H groups in total. The first kappa shape index (κ1) is 14.8. The van der Waals surface area contributed by atoms with Gasteiger partial charge < -0.3 is 14.8 Å². The van der Waals surface area contributed by atoms with E-state index in [1.54, 1.807) is 12.1 Å². The predicted molar refractivity (Wildman–Crippen MR) is 76.4 cm³/mol. The average Bonchev–Trinajstić information content (AvgIpc) is 2.95. The Morgan fingerprint density at radius 1 is 1.38 bits per heavy atom. The van der Waals surface area contributed by atoms with Crippen LogP contribution < -0.4 is 5.32 Å². The number of hydrogen-bond acceptors (Lipinski definition) is 3. The Morgan fingerprint density at radius 2 is 2.19 bits per heavy atom. The molecule has 0 bridgehead atoms. The average molecular weight is 287 g/mol. The number of halogens is 1. The van der Waals surface area contributed by atoms with Crippen LogP contribution >= 0.6 is 0 Å². The fraction of sp³-hybridized carbons (Fsp3) is 0.188. The number of nitrogens with one attached hydrogen (secondary N) is 1. The Hall–Kier alpha value is -2.58. The highest BCUT2D eigenvalue weighted by molar-refractivity contribution is 6.02. The van der Waals surface area contributed by atoms with E-state index in [9.17, 15) is 9.18 Å². The van der Waals surface area contributed by atoms with Gasteiger partial charge in [0.2, 0.25) is 0 Å². The third-order valence-corrected chi connectivity index (χ3v) is 2.76. The van der Waals surface area contributed by atoms with Crippen molar-refractivity contribution in [1.29, 1.82) is 0 Å². The van der Waals surface area contributed by atoms with Crippen LogP contribution in [-0.2, 0) is 6.42 Å². The summed E-state index contributed by atoms with van der Waals surface area (Å²) in [6, 6.07) is 7.44. The molecule has 0 aliphatic rings. The highest BCUT2D eigenvalue weighted by atomic mass is 19.1. The van der Waals surface area contributed by atoms with E-state index < -0.39 is 11.7 Å².